The molecule has 3 rings (SSSR count). The smallest absolute Gasteiger partial charge is 0.337 e. The van der Waals surface area contributed by atoms with Gasteiger partial charge >= 0.3 is 11.9 Å². The number of aromatic nitrogens is 1. The van der Waals surface area contributed by atoms with Gasteiger partial charge in [-0.05, 0) is 33.3 Å². The van der Waals surface area contributed by atoms with Crippen LogP contribution in [-0.2, 0) is 24.6 Å². The van der Waals surface area contributed by atoms with Gasteiger partial charge in [-0.1, -0.05) is 30.3 Å². The number of ether oxygens (including phenoxy) is 2. The van der Waals surface area contributed by atoms with Gasteiger partial charge < -0.3 is 20.1 Å². The molecule has 2 N–H and O–H groups in total. The van der Waals surface area contributed by atoms with Crippen molar-refractivity contribution in [1.29, 1.82) is 0 Å². The molecule has 0 fully saturated rings. The number of hydrogen-bond acceptors (Lipinski definition) is 8. The number of anilines is 1. The lowest BCUT2D eigenvalue weighted by Gasteiger charge is -2.47. The molecule has 30 heavy (non-hydrogen) atoms. The molecule has 2 heterocycles. The van der Waals surface area contributed by atoms with Crippen LogP contribution in [0.15, 0.2) is 53.2 Å². The molecule has 1 aromatic heterocycles. The van der Waals surface area contributed by atoms with Gasteiger partial charge in [-0.15, -0.1) is 11.3 Å². The standard InChI is InChI=1S/C22H27N3O4S/c1-5-28-19(26)16-14(3)25-22(4,15-10-8-7-9-11-15)17(20(27)29-6-2)18(16)24-21-23-12-13-30-21/h7-13,17-18,25H,5-6H2,1-4H3,(H,23,24). The van der Waals surface area contributed by atoms with Crippen LogP contribution in [0.4, 0.5) is 5.13 Å². The molecule has 3 unspecified atom stereocenters. The third-order valence-corrected chi connectivity index (χ3v) is 5.94. The molecule has 3 atom stereocenters. The normalized spacial score (nSPS) is 23.5. The highest BCUT2D eigenvalue weighted by atomic mass is 32.1. The number of carbonyl (C=O) groups excluding carboxylic acids is 2. The van der Waals surface area contributed by atoms with Crippen molar-refractivity contribution in [2.24, 2.45) is 5.92 Å². The molecule has 0 spiro atoms. The van der Waals surface area contributed by atoms with Crippen LogP contribution in [0.25, 0.3) is 0 Å². The van der Waals surface area contributed by atoms with Crippen LogP contribution in [0.1, 0.15) is 33.3 Å². The fourth-order valence-corrected chi connectivity index (χ4v) is 4.55. The first-order valence-electron chi connectivity index (χ1n) is 9.96. The summed E-state index contributed by atoms with van der Waals surface area (Å²) in [5.41, 5.74) is 1.12. The summed E-state index contributed by atoms with van der Waals surface area (Å²) < 4.78 is 10.8. The number of benzene rings is 1. The van der Waals surface area contributed by atoms with Gasteiger partial charge in [0.2, 0.25) is 0 Å². The average molecular weight is 430 g/mol. The number of rotatable bonds is 7. The SMILES string of the molecule is CCOC(=O)C1=C(C)NC(C)(c2ccccc2)C(C(=O)OCC)C1Nc1nccs1. The second kappa shape index (κ2) is 9.30. The molecule has 2 aromatic rings. The van der Waals surface area contributed by atoms with E-state index in [2.05, 4.69) is 15.6 Å². The van der Waals surface area contributed by atoms with Crippen LogP contribution < -0.4 is 10.6 Å². The molecule has 0 radical (unpaired) electrons. The first-order valence-corrected chi connectivity index (χ1v) is 10.8. The molecule has 1 aliphatic heterocycles. The number of allylic oxidation sites excluding steroid dienone is 1. The third kappa shape index (κ3) is 4.18. The van der Waals surface area contributed by atoms with Crippen LogP contribution in [0.3, 0.4) is 0 Å². The Hall–Kier alpha value is -2.87. The molecule has 1 aromatic carbocycles. The Balaban J connectivity index is 2.18. The lowest BCUT2D eigenvalue weighted by Crippen LogP contribution is -2.60. The lowest BCUT2D eigenvalue weighted by molar-refractivity contribution is -0.152. The van der Waals surface area contributed by atoms with Crippen molar-refractivity contribution < 1.29 is 19.1 Å². The summed E-state index contributed by atoms with van der Waals surface area (Å²) in [4.78, 5) is 30.5. The maximum absolute atomic E-state index is 13.3. The Morgan fingerprint density at radius 3 is 2.50 bits per heavy atom. The third-order valence-electron chi connectivity index (χ3n) is 5.24. The van der Waals surface area contributed by atoms with E-state index in [0.29, 0.717) is 16.4 Å². The summed E-state index contributed by atoms with van der Waals surface area (Å²) in [6.07, 6.45) is 1.67. The molecular weight excluding hydrogens is 402 g/mol. The summed E-state index contributed by atoms with van der Waals surface area (Å²) in [5, 5.41) is 9.17. The van der Waals surface area contributed by atoms with E-state index in [0.717, 1.165) is 5.56 Å². The van der Waals surface area contributed by atoms with Crippen molar-refractivity contribution in [3.05, 3.63) is 58.7 Å². The highest BCUT2D eigenvalue weighted by Crippen LogP contribution is 2.41. The van der Waals surface area contributed by atoms with Crippen molar-refractivity contribution in [1.82, 2.24) is 10.3 Å². The summed E-state index contributed by atoms with van der Waals surface area (Å²) in [5.74, 6) is -1.62. The maximum atomic E-state index is 13.3. The van der Waals surface area contributed by atoms with Crippen molar-refractivity contribution in [3.8, 4) is 0 Å². The quantitative estimate of drug-likeness (QED) is 0.652. The van der Waals surface area contributed by atoms with Crippen molar-refractivity contribution in [3.63, 3.8) is 0 Å². The molecule has 0 saturated heterocycles. The number of thiazole rings is 1. The monoisotopic (exact) mass is 429 g/mol. The van der Waals surface area contributed by atoms with Crippen LogP contribution >= 0.6 is 11.3 Å². The molecule has 0 saturated carbocycles. The van der Waals surface area contributed by atoms with E-state index in [4.69, 9.17) is 9.47 Å². The zero-order chi connectivity index (χ0) is 21.7. The average Bonchev–Trinajstić information content (AvgIpc) is 3.22. The van der Waals surface area contributed by atoms with Gasteiger partial charge in [-0.3, -0.25) is 4.79 Å². The van der Waals surface area contributed by atoms with E-state index >= 15 is 0 Å². The summed E-state index contributed by atoms with van der Waals surface area (Å²) in [6.45, 7) is 7.77. The predicted octanol–water partition coefficient (Wildman–Crippen LogP) is 3.46. The Morgan fingerprint density at radius 1 is 1.20 bits per heavy atom. The van der Waals surface area contributed by atoms with E-state index < -0.39 is 29.4 Å². The van der Waals surface area contributed by atoms with E-state index in [1.807, 2.05) is 49.6 Å². The van der Waals surface area contributed by atoms with E-state index in [1.54, 1.807) is 20.0 Å². The highest BCUT2D eigenvalue weighted by Gasteiger charge is 2.53. The molecule has 0 aliphatic carbocycles. The fourth-order valence-electron chi connectivity index (χ4n) is 3.98. The van der Waals surface area contributed by atoms with E-state index in [9.17, 15) is 9.59 Å². The second-order valence-corrected chi connectivity index (χ2v) is 8.04. The Bertz CT molecular complexity index is 914. The van der Waals surface area contributed by atoms with Crippen molar-refractivity contribution in [2.45, 2.75) is 39.3 Å². The van der Waals surface area contributed by atoms with Crippen molar-refractivity contribution in [2.75, 3.05) is 18.5 Å². The molecule has 160 valence electrons. The Labute approximate surface area is 180 Å². The van der Waals surface area contributed by atoms with Gasteiger partial charge in [0.25, 0.3) is 0 Å². The van der Waals surface area contributed by atoms with Gasteiger partial charge in [-0.25, -0.2) is 9.78 Å². The zero-order valence-corrected chi connectivity index (χ0v) is 18.4. The van der Waals surface area contributed by atoms with Crippen molar-refractivity contribution >= 4 is 28.4 Å². The predicted molar refractivity (Wildman–Crippen MR) is 116 cm³/mol. The summed E-state index contributed by atoms with van der Waals surface area (Å²) in [6, 6.07) is 9.01. The summed E-state index contributed by atoms with van der Waals surface area (Å²) >= 11 is 1.40. The highest BCUT2D eigenvalue weighted by molar-refractivity contribution is 7.13. The minimum Gasteiger partial charge on any atom is -0.466 e. The molecular formula is C22H27N3O4S. The number of esters is 2. The topological polar surface area (TPSA) is 89.5 Å². The number of nitrogens with zero attached hydrogens (tertiary/aromatic N) is 1. The molecule has 0 amide bonds. The first kappa shape index (κ1) is 21.8. The molecule has 0 bridgehead atoms. The number of nitrogens with one attached hydrogen (secondary N) is 2. The van der Waals surface area contributed by atoms with Gasteiger partial charge in [0.05, 0.1) is 30.4 Å². The minimum absolute atomic E-state index is 0.236. The van der Waals surface area contributed by atoms with Gasteiger partial charge in [0.15, 0.2) is 5.13 Å². The van der Waals surface area contributed by atoms with Gasteiger partial charge in [0, 0.05) is 17.3 Å². The van der Waals surface area contributed by atoms with Crippen LogP contribution in [0.5, 0.6) is 0 Å². The van der Waals surface area contributed by atoms with Crippen LogP contribution in [-0.4, -0.2) is 36.2 Å². The second-order valence-electron chi connectivity index (χ2n) is 7.14. The van der Waals surface area contributed by atoms with E-state index in [-0.39, 0.29) is 13.2 Å². The number of hydrogen-bond donors (Lipinski definition) is 2. The molecule has 1 aliphatic rings. The Kier molecular flexibility index (Phi) is 6.77. The zero-order valence-electron chi connectivity index (χ0n) is 17.6. The van der Waals surface area contributed by atoms with E-state index in [1.165, 1.54) is 11.3 Å². The summed E-state index contributed by atoms with van der Waals surface area (Å²) in [7, 11) is 0. The molecule has 8 heteroatoms. The maximum Gasteiger partial charge on any atom is 0.337 e. The van der Waals surface area contributed by atoms with Gasteiger partial charge in [-0.2, -0.15) is 0 Å². The van der Waals surface area contributed by atoms with Crippen LogP contribution in [0.2, 0.25) is 0 Å². The lowest BCUT2D eigenvalue weighted by atomic mass is 9.70. The van der Waals surface area contributed by atoms with Gasteiger partial charge in [0.1, 0.15) is 5.92 Å². The fraction of sp³-hybridized carbons (Fsp3) is 0.409. The largest absolute Gasteiger partial charge is 0.466 e. The Morgan fingerprint density at radius 2 is 1.90 bits per heavy atom. The van der Waals surface area contributed by atoms with Crippen LogP contribution in [0, 0.1) is 5.92 Å². The molecule has 7 nitrogen and oxygen atoms in total. The number of carbonyl (C=O) groups is 2. The first-order chi connectivity index (χ1) is 14.4. The minimum atomic E-state index is -0.817.